The smallest absolute Gasteiger partial charge is 0.255 e. The summed E-state index contributed by atoms with van der Waals surface area (Å²) >= 11 is 0. The van der Waals surface area contributed by atoms with Gasteiger partial charge < -0.3 is 14.8 Å². The van der Waals surface area contributed by atoms with E-state index < -0.39 is 5.95 Å². The van der Waals surface area contributed by atoms with Crippen molar-refractivity contribution in [2.75, 3.05) is 20.3 Å². The van der Waals surface area contributed by atoms with Crippen LogP contribution >= 0.6 is 0 Å². The van der Waals surface area contributed by atoms with E-state index in [9.17, 15) is 4.39 Å². The Morgan fingerprint density at radius 2 is 2.50 bits per heavy atom. The predicted molar refractivity (Wildman–Crippen MR) is 57.3 cm³/mol. The van der Waals surface area contributed by atoms with Crippen molar-refractivity contribution in [3.63, 3.8) is 0 Å². The number of hydrogen-bond acceptors (Lipinski definition) is 4. The highest BCUT2D eigenvalue weighted by molar-refractivity contribution is 5.29. The molecule has 1 aliphatic heterocycles. The first kappa shape index (κ1) is 11.1. The number of rotatable bonds is 4. The van der Waals surface area contributed by atoms with Crippen molar-refractivity contribution in [1.29, 1.82) is 0 Å². The lowest BCUT2D eigenvalue weighted by Gasteiger charge is -2.12. The Morgan fingerprint density at radius 1 is 1.62 bits per heavy atom. The lowest BCUT2D eigenvalue weighted by atomic mass is 10.2. The standard InChI is InChI=1S/C11H15FN2O2/c1-15-10-5-9(6-14-11(10)12)16-7-8-3-2-4-13-8/h5-6,8,13H,2-4,7H2,1H3/t8-/m0/s1. The Kier molecular flexibility index (Phi) is 3.56. The lowest BCUT2D eigenvalue weighted by Crippen LogP contribution is -2.28. The van der Waals surface area contributed by atoms with Crippen molar-refractivity contribution in [2.24, 2.45) is 0 Å². The number of nitrogens with zero attached hydrogens (tertiary/aromatic N) is 1. The van der Waals surface area contributed by atoms with Gasteiger partial charge in [0.05, 0.1) is 13.3 Å². The molecule has 1 aliphatic rings. The van der Waals surface area contributed by atoms with Crippen LogP contribution in [0.4, 0.5) is 4.39 Å². The topological polar surface area (TPSA) is 43.4 Å². The summed E-state index contributed by atoms with van der Waals surface area (Å²) in [4.78, 5) is 3.56. The molecule has 1 N–H and O–H groups in total. The van der Waals surface area contributed by atoms with Crippen molar-refractivity contribution in [3.05, 3.63) is 18.2 Å². The molecule has 0 radical (unpaired) electrons. The molecule has 1 fully saturated rings. The fourth-order valence-corrected chi connectivity index (χ4v) is 1.73. The molecule has 0 spiro atoms. The van der Waals surface area contributed by atoms with Gasteiger partial charge in [-0.25, -0.2) is 4.98 Å². The number of methoxy groups -OCH3 is 1. The molecule has 0 aromatic carbocycles. The van der Waals surface area contributed by atoms with Crippen LogP contribution < -0.4 is 14.8 Å². The van der Waals surface area contributed by atoms with Gasteiger partial charge in [-0.3, -0.25) is 0 Å². The van der Waals surface area contributed by atoms with Crippen molar-refractivity contribution < 1.29 is 13.9 Å². The minimum atomic E-state index is -0.617. The zero-order valence-corrected chi connectivity index (χ0v) is 9.20. The second kappa shape index (κ2) is 5.12. The molecule has 0 amide bonds. The molecule has 2 heterocycles. The second-order valence-electron chi connectivity index (χ2n) is 3.77. The average molecular weight is 226 g/mol. The van der Waals surface area contributed by atoms with E-state index in [0.717, 1.165) is 13.0 Å². The third-order valence-corrected chi connectivity index (χ3v) is 2.62. The Labute approximate surface area is 93.8 Å². The Balaban J connectivity index is 1.93. The summed E-state index contributed by atoms with van der Waals surface area (Å²) in [6.45, 7) is 1.62. The Bertz CT molecular complexity index is 354. The predicted octanol–water partition coefficient (Wildman–Crippen LogP) is 1.36. The first-order valence-corrected chi connectivity index (χ1v) is 5.35. The van der Waals surface area contributed by atoms with Crippen LogP contribution in [0.15, 0.2) is 12.3 Å². The average Bonchev–Trinajstić information content (AvgIpc) is 2.81. The fourth-order valence-electron chi connectivity index (χ4n) is 1.73. The molecule has 4 nitrogen and oxygen atoms in total. The van der Waals surface area contributed by atoms with Crippen molar-refractivity contribution >= 4 is 0 Å². The highest BCUT2D eigenvalue weighted by Gasteiger charge is 2.15. The minimum absolute atomic E-state index is 0.108. The van der Waals surface area contributed by atoms with E-state index in [4.69, 9.17) is 9.47 Å². The van der Waals surface area contributed by atoms with E-state index in [0.29, 0.717) is 18.4 Å². The molecule has 0 bridgehead atoms. The molecule has 1 aromatic heterocycles. The molecule has 1 atom stereocenters. The van der Waals surface area contributed by atoms with E-state index in [1.165, 1.54) is 25.8 Å². The summed E-state index contributed by atoms with van der Waals surface area (Å²) in [6, 6.07) is 1.90. The van der Waals surface area contributed by atoms with Crippen molar-refractivity contribution in [2.45, 2.75) is 18.9 Å². The molecular formula is C11H15FN2O2. The summed E-state index contributed by atoms with van der Waals surface area (Å²) in [7, 11) is 1.41. The number of halogens is 1. The van der Waals surface area contributed by atoms with Crippen LogP contribution in [0.5, 0.6) is 11.5 Å². The van der Waals surface area contributed by atoms with Gasteiger partial charge in [-0.2, -0.15) is 4.39 Å². The summed E-state index contributed by atoms with van der Waals surface area (Å²) in [5.74, 6) is 0.0256. The van der Waals surface area contributed by atoms with E-state index in [1.807, 2.05) is 0 Å². The van der Waals surface area contributed by atoms with Gasteiger partial charge in [-0.1, -0.05) is 0 Å². The Morgan fingerprint density at radius 3 is 3.19 bits per heavy atom. The first-order chi connectivity index (χ1) is 7.79. The van der Waals surface area contributed by atoms with Crippen LogP contribution in [0.25, 0.3) is 0 Å². The summed E-state index contributed by atoms with van der Waals surface area (Å²) < 4.78 is 23.3. The maximum absolute atomic E-state index is 13.0. The molecule has 1 aromatic rings. The van der Waals surface area contributed by atoms with Gasteiger partial charge in [-0.05, 0) is 19.4 Å². The number of pyridine rings is 1. The number of aromatic nitrogens is 1. The minimum Gasteiger partial charge on any atom is -0.492 e. The van der Waals surface area contributed by atoms with E-state index >= 15 is 0 Å². The lowest BCUT2D eigenvalue weighted by molar-refractivity contribution is 0.272. The zero-order chi connectivity index (χ0) is 11.4. The number of hydrogen-bond donors (Lipinski definition) is 1. The summed E-state index contributed by atoms with van der Waals surface area (Å²) in [5.41, 5.74) is 0. The van der Waals surface area contributed by atoms with Crippen LogP contribution in [0.3, 0.4) is 0 Å². The monoisotopic (exact) mass is 226 g/mol. The van der Waals surface area contributed by atoms with Crippen LogP contribution in [-0.2, 0) is 0 Å². The van der Waals surface area contributed by atoms with E-state index in [1.54, 1.807) is 0 Å². The van der Waals surface area contributed by atoms with Crippen LogP contribution in [0.2, 0.25) is 0 Å². The highest BCUT2D eigenvalue weighted by Crippen LogP contribution is 2.21. The van der Waals surface area contributed by atoms with Gasteiger partial charge in [-0.15, -0.1) is 0 Å². The summed E-state index contributed by atoms with van der Waals surface area (Å²) in [5, 5.41) is 3.32. The molecule has 16 heavy (non-hydrogen) atoms. The van der Waals surface area contributed by atoms with Gasteiger partial charge in [0.1, 0.15) is 12.4 Å². The molecular weight excluding hydrogens is 211 g/mol. The largest absolute Gasteiger partial charge is 0.492 e. The number of ether oxygens (including phenoxy) is 2. The van der Waals surface area contributed by atoms with Crippen LogP contribution in [0, 0.1) is 5.95 Å². The van der Waals surface area contributed by atoms with Crippen LogP contribution in [0.1, 0.15) is 12.8 Å². The first-order valence-electron chi connectivity index (χ1n) is 5.35. The maximum Gasteiger partial charge on any atom is 0.255 e. The van der Waals surface area contributed by atoms with Gasteiger partial charge >= 0.3 is 0 Å². The van der Waals surface area contributed by atoms with Gasteiger partial charge in [0.25, 0.3) is 5.95 Å². The quantitative estimate of drug-likeness (QED) is 0.787. The highest BCUT2D eigenvalue weighted by atomic mass is 19.1. The number of nitrogens with one attached hydrogen (secondary N) is 1. The zero-order valence-electron chi connectivity index (χ0n) is 9.20. The van der Waals surface area contributed by atoms with E-state index in [-0.39, 0.29) is 5.75 Å². The summed E-state index contributed by atoms with van der Waals surface area (Å²) in [6.07, 6.45) is 3.66. The molecule has 0 saturated carbocycles. The normalized spacial score (nSPS) is 19.8. The molecule has 1 saturated heterocycles. The van der Waals surface area contributed by atoms with Crippen molar-refractivity contribution in [1.82, 2.24) is 10.3 Å². The van der Waals surface area contributed by atoms with E-state index in [2.05, 4.69) is 10.3 Å². The SMILES string of the molecule is COc1cc(OC[C@@H]2CCCN2)cnc1F. The molecule has 88 valence electrons. The molecule has 2 rings (SSSR count). The third-order valence-electron chi connectivity index (χ3n) is 2.62. The Hall–Kier alpha value is -1.36. The molecule has 5 heteroatoms. The molecule has 0 aliphatic carbocycles. The molecule has 0 unspecified atom stereocenters. The van der Waals surface area contributed by atoms with Crippen LogP contribution in [-0.4, -0.2) is 31.3 Å². The van der Waals surface area contributed by atoms with Gasteiger partial charge in [0, 0.05) is 12.1 Å². The second-order valence-corrected chi connectivity index (χ2v) is 3.77. The fraction of sp³-hybridized carbons (Fsp3) is 0.545. The van der Waals surface area contributed by atoms with Gasteiger partial charge in [0.15, 0.2) is 5.75 Å². The third kappa shape index (κ3) is 2.61. The van der Waals surface area contributed by atoms with Gasteiger partial charge in [0.2, 0.25) is 0 Å². The van der Waals surface area contributed by atoms with Crippen molar-refractivity contribution in [3.8, 4) is 11.5 Å². The maximum atomic E-state index is 13.0.